The quantitative estimate of drug-likeness (QED) is 0.347. The highest BCUT2D eigenvalue weighted by atomic mass is 31.2. The van der Waals surface area contributed by atoms with Gasteiger partial charge < -0.3 is 38.0 Å². The minimum atomic E-state index is -3.92. The Labute approximate surface area is 205 Å². The minimum absolute atomic E-state index is 0.0297. The van der Waals surface area contributed by atoms with Crippen LogP contribution in [0.1, 0.15) is 32.8 Å². The molecule has 1 heterocycles. The van der Waals surface area contributed by atoms with Crippen molar-refractivity contribution in [2.75, 3.05) is 27.4 Å². The summed E-state index contributed by atoms with van der Waals surface area (Å²) in [6.07, 6.45) is -1.05. The number of esters is 1. The minimum Gasteiger partial charge on any atom is -0.464 e. The molecule has 11 nitrogen and oxygen atoms in total. The van der Waals surface area contributed by atoms with Crippen LogP contribution in [0.15, 0.2) is 30.3 Å². The normalized spacial score (nSPS) is 26.1. The number of benzene rings is 1. The van der Waals surface area contributed by atoms with Gasteiger partial charge in [0.1, 0.15) is 12.7 Å². The highest BCUT2D eigenvalue weighted by Gasteiger charge is 2.55. The molecule has 0 spiro atoms. The van der Waals surface area contributed by atoms with Crippen LogP contribution in [0.5, 0.6) is 0 Å². The number of fused-ring (bicyclic) bond motifs is 1. The lowest BCUT2D eigenvalue weighted by Gasteiger charge is -2.26. The van der Waals surface area contributed by atoms with Crippen molar-refractivity contribution in [2.24, 2.45) is 5.92 Å². The Morgan fingerprint density at radius 3 is 2.40 bits per heavy atom. The van der Waals surface area contributed by atoms with Gasteiger partial charge in [-0.25, -0.2) is 9.59 Å². The fourth-order valence-electron chi connectivity index (χ4n) is 4.29. The molecule has 0 aromatic heterocycles. The first kappa shape index (κ1) is 27.6. The highest BCUT2D eigenvalue weighted by molar-refractivity contribution is 7.55. The molecule has 0 bridgehead atoms. The van der Waals surface area contributed by atoms with Crippen molar-refractivity contribution < 1.29 is 46.9 Å². The van der Waals surface area contributed by atoms with Crippen molar-refractivity contribution in [1.82, 2.24) is 5.32 Å². The molecular formula is C23H34NO10P. The third-order valence-electron chi connectivity index (χ3n) is 5.85. The molecule has 2 aliphatic rings. The van der Waals surface area contributed by atoms with Gasteiger partial charge in [-0.15, -0.1) is 0 Å². The maximum absolute atomic E-state index is 12.9. The van der Waals surface area contributed by atoms with Crippen LogP contribution in [0.2, 0.25) is 0 Å². The summed E-state index contributed by atoms with van der Waals surface area (Å²) in [6.45, 7) is 5.35. The first-order valence-electron chi connectivity index (χ1n) is 11.4. The van der Waals surface area contributed by atoms with Gasteiger partial charge in [0.15, 0.2) is 5.79 Å². The molecule has 1 saturated heterocycles. The third-order valence-corrected chi connectivity index (χ3v) is 7.80. The molecule has 1 saturated carbocycles. The van der Waals surface area contributed by atoms with E-state index < -0.39 is 49.5 Å². The zero-order valence-corrected chi connectivity index (χ0v) is 21.5. The Bertz CT molecular complexity index is 903. The molecule has 1 aliphatic heterocycles. The van der Waals surface area contributed by atoms with Crippen LogP contribution < -0.4 is 5.32 Å². The summed E-state index contributed by atoms with van der Waals surface area (Å²) in [4.78, 5) is 24.9. The van der Waals surface area contributed by atoms with Gasteiger partial charge in [0.25, 0.3) is 5.85 Å². The molecule has 1 aromatic carbocycles. The second kappa shape index (κ2) is 11.8. The molecule has 2 fully saturated rings. The molecular weight excluding hydrogens is 481 g/mol. The van der Waals surface area contributed by atoms with E-state index in [-0.39, 0.29) is 25.7 Å². The highest BCUT2D eigenvalue weighted by Crippen LogP contribution is 2.53. The third kappa shape index (κ3) is 6.81. The summed E-state index contributed by atoms with van der Waals surface area (Å²) in [6, 6.07) is 8.92. The maximum atomic E-state index is 12.9. The number of hydrogen-bond donors (Lipinski definition) is 1. The number of ether oxygens (including phenoxy) is 5. The van der Waals surface area contributed by atoms with E-state index >= 15 is 0 Å². The largest absolute Gasteiger partial charge is 0.464 e. The summed E-state index contributed by atoms with van der Waals surface area (Å²) in [5, 5.41) is 2.85. The zero-order chi connectivity index (χ0) is 25.6. The molecule has 12 heteroatoms. The monoisotopic (exact) mass is 515 g/mol. The number of amides is 1. The SMILES string of the molecule is CCOC(=O)C(OC[C@H]1C[C@@H](NC(=O)OCc2ccccc2)[C@@H]2OC(C)(C)O[C@H]12)P(=O)(OC)OC. The molecule has 1 amide bonds. The van der Waals surface area contributed by atoms with Crippen LogP contribution in [-0.4, -0.2) is 69.4 Å². The van der Waals surface area contributed by atoms with E-state index in [2.05, 4.69) is 5.32 Å². The lowest BCUT2D eigenvalue weighted by Crippen LogP contribution is -2.43. The van der Waals surface area contributed by atoms with Crippen LogP contribution >= 0.6 is 7.60 Å². The maximum Gasteiger partial charge on any atom is 0.407 e. The zero-order valence-electron chi connectivity index (χ0n) is 20.6. The first-order chi connectivity index (χ1) is 16.6. The average Bonchev–Trinajstić information content (AvgIpc) is 3.31. The molecule has 196 valence electrons. The Balaban J connectivity index is 1.66. The Morgan fingerprint density at radius 1 is 1.11 bits per heavy atom. The lowest BCUT2D eigenvalue weighted by atomic mass is 10.1. The second-order valence-corrected chi connectivity index (χ2v) is 11.0. The van der Waals surface area contributed by atoms with Crippen LogP contribution in [0.3, 0.4) is 0 Å². The van der Waals surface area contributed by atoms with Crippen LogP contribution in [0.4, 0.5) is 4.79 Å². The predicted octanol–water partition coefficient (Wildman–Crippen LogP) is 3.21. The van der Waals surface area contributed by atoms with Crippen molar-refractivity contribution >= 4 is 19.7 Å². The Kier molecular flexibility index (Phi) is 9.31. The van der Waals surface area contributed by atoms with Gasteiger partial charge in [0.05, 0.1) is 25.4 Å². The molecule has 35 heavy (non-hydrogen) atoms. The Morgan fingerprint density at radius 2 is 1.77 bits per heavy atom. The predicted molar refractivity (Wildman–Crippen MR) is 123 cm³/mol. The summed E-state index contributed by atoms with van der Waals surface area (Å²) < 4.78 is 51.0. The number of hydrogen-bond acceptors (Lipinski definition) is 10. The number of rotatable bonds is 11. The van der Waals surface area contributed by atoms with E-state index in [1.54, 1.807) is 20.8 Å². The summed E-state index contributed by atoms with van der Waals surface area (Å²) in [7, 11) is -1.58. The van der Waals surface area contributed by atoms with Gasteiger partial charge in [-0.2, -0.15) is 0 Å². The summed E-state index contributed by atoms with van der Waals surface area (Å²) in [5.74, 6) is -3.58. The lowest BCUT2D eigenvalue weighted by molar-refractivity contribution is -0.165. The van der Waals surface area contributed by atoms with E-state index in [0.717, 1.165) is 5.56 Å². The van der Waals surface area contributed by atoms with Gasteiger partial charge in [-0.3, -0.25) is 4.57 Å². The van der Waals surface area contributed by atoms with Crippen molar-refractivity contribution in [1.29, 1.82) is 0 Å². The number of nitrogens with one attached hydrogen (secondary N) is 1. The van der Waals surface area contributed by atoms with E-state index in [1.165, 1.54) is 14.2 Å². The fraction of sp³-hybridized carbons (Fsp3) is 0.652. The second-order valence-electron chi connectivity index (χ2n) is 8.72. The van der Waals surface area contributed by atoms with Crippen molar-refractivity contribution in [3.8, 4) is 0 Å². The smallest absolute Gasteiger partial charge is 0.407 e. The molecule has 0 radical (unpaired) electrons. The van der Waals surface area contributed by atoms with Gasteiger partial charge >= 0.3 is 19.7 Å². The fourth-order valence-corrected chi connectivity index (χ4v) is 5.42. The van der Waals surface area contributed by atoms with Gasteiger partial charge in [-0.1, -0.05) is 30.3 Å². The molecule has 1 aromatic rings. The molecule has 1 N–H and O–H groups in total. The van der Waals surface area contributed by atoms with E-state index in [1.807, 2.05) is 30.3 Å². The molecule has 1 unspecified atom stereocenters. The van der Waals surface area contributed by atoms with E-state index in [4.69, 9.17) is 32.7 Å². The van der Waals surface area contributed by atoms with Gasteiger partial charge in [0, 0.05) is 20.1 Å². The van der Waals surface area contributed by atoms with Gasteiger partial charge in [0.2, 0.25) is 0 Å². The number of alkyl carbamates (subject to hydrolysis) is 1. The van der Waals surface area contributed by atoms with Crippen LogP contribution in [-0.2, 0) is 48.7 Å². The standard InChI is InChI=1S/C23H34NO10P/c1-6-30-20(25)21(35(27,28-4)29-5)31-14-16-12-17(19-18(16)33-23(2,3)34-19)24-22(26)32-13-15-10-8-7-9-11-15/h7-11,16-19,21H,6,12-14H2,1-5H3,(H,24,26)/t16-,17-,18-,19+,21?/m1/s1. The Hall–Kier alpha value is -2.01. The van der Waals surface area contributed by atoms with E-state index in [9.17, 15) is 14.2 Å². The topological polar surface area (TPSA) is 128 Å². The average molecular weight is 515 g/mol. The number of carbonyl (C=O) groups excluding carboxylic acids is 2. The van der Waals surface area contributed by atoms with Crippen molar-refractivity contribution in [3.05, 3.63) is 35.9 Å². The molecule has 1 aliphatic carbocycles. The van der Waals surface area contributed by atoms with Crippen LogP contribution in [0, 0.1) is 5.92 Å². The number of carbonyl (C=O) groups is 2. The van der Waals surface area contributed by atoms with E-state index in [0.29, 0.717) is 6.42 Å². The van der Waals surface area contributed by atoms with Crippen LogP contribution in [0.25, 0.3) is 0 Å². The van der Waals surface area contributed by atoms with Crippen molar-refractivity contribution in [3.63, 3.8) is 0 Å². The molecule has 5 atom stereocenters. The summed E-state index contributed by atoms with van der Waals surface area (Å²) >= 11 is 0. The molecule has 3 rings (SSSR count). The van der Waals surface area contributed by atoms with Crippen molar-refractivity contribution in [2.45, 2.75) is 63.7 Å². The summed E-state index contributed by atoms with van der Waals surface area (Å²) in [5.41, 5.74) is 0.866. The first-order valence-corrected chi connectivity index (χ1v) is 13.1. The van der Waals surface area contributed by atoms with Gasteiger partial charge in [-0.05, 0) is 32.8 Å².